The summed E-state index contributed by atoms with van der Waals surface area (Å²) in [6, 6.07) is 11.2. The van der Waals surface area contributed by atoms with Crippen molar-refractivity contribution in [3.63, 3.8) is 0 Å². The first-order chi connectivity index (χ1) is 12.2. The van der Waals surface area contributed by atoms with Crippen LogP contribution in [0.5, 0.6) is 17.4 Å². The quantitative estimate of drug-likeness (QED) is 0.268. The van der Waals surface area contributed by atoms with E-state index in [0.29, 0.717) is 24.7 Å². The highest BCUT2D eigenvalue weighted by molar-refractivity contribution is 14.0. The van der Waals surface area contributed by atoms with Crippen LogP contribution in [0, 0.1) is 0 Å². The van der Waals surface area contributed by atoms with Crippen LogP contribution >= 0.6 is 24.0 Å². The van der Waals surface area contributed by atoms with E-state index in [0.717, 1.165) is 23.8 Å². The van der Waals surface area contributed by atoms with E-state index >= 15 is 0 Å². The Balaban J connectivity index is 0.00000338. The van der Waals surface area contributed by atoms with Gasteiger partial charge in [-0.15, -0.1) is 30.6 Å². The van der Waals surface area contributed by atoms with Crippen molar-refractivity contribution >= 4 is 29.9 Å². The number of aliphatic imine (C=N–C) groups is 1. The average Bonchev–Trinajstić information content (AvgIpc) is 2.66. The molecule has 0 unspecified atom stereocenters. The molecule has 0 spiro atoms. The zero-order valence-electron chi connectivity index (χ0n) is 15.1. The molecule has 2 aromatic rings. The maximum atomic E-state index is 5.71. The fourth-order valence-electron chi connectivity index (χ4n) is 2.01. The number of nitrogens with zero attached hydrogens (tertiary/aromatic N) is 2. The molecule has 140 valence electrons. The summed E-state index contributed by atoms with van der Waals surface area (Å²) < 4.78 is 10.8. The van der Waals surface area contributed by atoms with Gasteiger partial charge in [-0.05, 0) is 36.8 Å². The Bertz CT molecular complexity index is 688. The van der Waals surface area contributed by atoms with Crippen molar-refractivity contribution in [2.75, 3.05) is 20.2 Å². The summed E-state index contributed by atoms with van der Waals surface area (Å²) >= 11 is 0. The van der Waals surface area contributed by atoms with Gasteiger partial charge in [-0.25, -0.2) is 9.98 Å². The highest BCUT2D eigenvalue weighted by Crippen LogP contribution is 2.22. The lowest BCUT2D eigenvalue weighted by Crippen LogP contribution is -2.37. The molecule has 0 saturated carbocycles. The maximum Gasteiger partial charge on any atom is 0.219 e. The lowest BCUT2D eigenvalue weighted by atomic mass is 10.3. The van der Waals surface area contributed by atoms with E-state index in [1.807, 2.05) is 43.3 Å². The van der Waals surface area contributed by atoms with Crippen molar-refractivity contribution in [2.24, 2.45) is 4.99 Å². The van der Waals surface area contributed by atoms with E-state index in [1.54, 1.807) is 19.4 Å². The standard InChI is InChI=1S/C19H24N4O2.HI/c1-4-12-21-19(20-5-2)23-14-15-6-11-18(22-13-15)25-17-9-7-16(24-3)8-10-17;/h4,6-11,13H,1,5,12,14H2,2-3H3,(H2,20,21,23);1H. The maximum absolute atomic E-state index is 5.71. The van der Waals surface area contributed by atoms with Crippen LogP contribution in [0.3, 0.4) is 0 Å². The molecule has 0 aliphatic heterocycles. The van der Waals surface area contributed by atoms with Crippen LogP contribution in [0.25, 0.3) is 0 Å². The highest BCUT2D eigenvalue weighted by atomic mass is 127. The third kappa shape index (κ3) is 7.30. The molecule has 0 aliphatic rings. The van der Waals surface area contributed by atoms with E-state index in [9.17, 15) is 0 Å². The Kier molecular flexibility index (Phi) is 10.1. The second-order valence-electron chi connectivity index (χ2n) is 5.15. The molecule has 2 rings (SSSR count). The predicted molar refractivity (Wildman–Crippen MR) is 116 cm³/mol. The first kappa shape index (κ1) is 21.8. The van der Waals surface area contributed by atoms with Crippen molar-refractivity contribution in [2.45, 2.75) is 13.5 Å². The lowest BCUT2D eigenvalue weighted by molar-refractivity contribution is 0.412. The molecule has 0 bridgehead atoms. The molecule has 0 atom stereocenters. The molecule has 0 amide bonds. The van der Waals surface area contributed by atoms with E-state index in [4.69, 9.17) is 9.47 Å². The molecular formula is C19H25IN4O2. The topological polar surface area (TPSA) is 67.8 Å². The number of aromatic nitrogens is 1. The number of rotatable bonds is 8. The second kappa shape index (κ2) is 12.1. The van der Waals surface area contributed by atoms with Crippen LogP contribution in [0.1, 0.15) is 12.5 Å². The third-order valence-electron chi connectivity index (χ3n) is 3.26. The molecule has 0 saturated heterocycles. The predicted octanol–water partition coefficient (Wildman–Crippen LogP) is 3.74. The Morgan fingerprint density at radius 2 is 1.88 bits per heavy atom. The average molecular weight is 468 g/mol. The summed E-state index contributed by atoms with van der Waals surface area (Å²) in [6.07, 6.45) is 3.55. The molecule has 1 heterocycles. The van der Waals surface area contributed by atoms with Crippen LogP contribution in [0.15, 0.2) is 60.2 Å². The summed E-state index contributed by atoms with van der Waals surface area (Å²) in [6.45, 7) is 7.71. The number of hydrogen-bond acceptors (Lipinski definition) is 4. The molecule has 6 nitrogen and oxygen atoms in total. The van der Waals surface area contributed by atoms with Crippen molar-refractivity contribution in [3.8, 4) is 17.4 Å². The molecule has 0 radical (unpaired) electrons. The van der Waals surface area contributed by atoms with Gasteiger partial charge >= 0.3 is 0 Å². The van der Waals surface area contributed by atoms with Crippen LogP contribution in [-0.4, -0.2) is 31.1 Å². The number of halogens is 1. The number of ether oxygens (including phenoxy) is 2. The van der Waals surface area contributed by atoms with Crippen molar-refractivity contribution in [1.29, 1.82) is 0 Å². The molecule has 2 N–H and O–H groups in total. The Morgan fingerprint density at radius 1 is 1.15 bits per heavy atom. The first-order valence-electron chi connectivity index (χ1n) is 8.15. The highest BCUT2D eigenvalue weighted by Gasteiger charge is 2.01. The van der Waals surface area contributed by atoms with E-state index in [1.165, 1.54) is 0 Å². The number of pyridine rings is 1. The van der Waals surface area contributed by atoms with Gasteiger partial charge in [-0.2, -0.15) is 0 Å². The van der Waals surface area contributed by atoms with Crippen LogP contribution in [0.2, 0.25) is 0 Å². The van der Waals surface area contributed by atoms with Crippen LogP contribution in [0.4, 0.5) is 0 Å². The summed E-state index contributed by atoms with van der Waals surface area (Å²) in [5.41, 5.74) is 0.998. The van der Waals surface area contributed by atoms with Crippen LogP contribution < -0.4 is 20.1 Å². The number of methoxy groups -OCH3 is 1. The van der Waals surface area contributed by atoms with Gasteiger partial charge < -0.3 is 20.1 Å². The van der Waals surface area contributed by atoms with Crippen LogP contribution in [-0.2, 0) is 6.54 Å². The fourth-order valence-corrected chi connectivity index (χ4v) is 2.01. The zero-order chi connectivity index (χ0) is 17.9. The smallest absolute Gasteiger partial charge is 0.219 e. The molecule has 0 fully saturated rings. The summed E-state index contributed by atoms with van der Waals surface area (Å²) in [5, 5.41) is 6.34. The van der Waals surface area contributed by atoms with Crippen molar-refractivity contribution in [1.82, 2.24) is 15.6 Å². The summed E-state index contributed by atoms with van der Waals surface area (Å²) in [5.74, 6) is 2.78. The monoisotopic (exact) mass is 468 g/mol. The normalized spacial score (nSPS) is 10.5. The van der Waals surface area contributed by atoms with Crippen molar-refractivity contribution in [3.05, 3.63) is 60.8 Å². The Morgan fingerprint density at radius 3 is 2.46 bits per heavy atom. The molecule has 1 aromatic carbocycles. The molecular weight excluding hydrogens is 443 g/mol. The third-order valence-corrected chi connectivity index (χ3v) is 3.26. The van der Waals surface area contributed by atoms with Gasteiger partial charge in [0.1, 0.15) is 11.5 Å². The summed E-state index contributed by atoms with van der Waals surface area (Å²) in [4.78, 5) is 8.83. The second-order valence-corrected chi connectivity index (χ2v) is 5.15. The van der Waals surface area contributed by atoms with E-state index in [2.05, 4.69) is 27.2 Å². The number of guanidine groups is 1. The minimum absolute atomic E-state index is 0. The Hall–Kier alpha value is -2.29. The minimum Gasteiger partial charge on any atom is -0.497 e. The van der Waals surface area contributed by atoms with Gasteiger partial charge in [0, 0.05) is 25.4 Å². The van der Waals surface area contributed by atoms with Gasteiger partial charge in [0.15, 0.2) is 5.96 Å². The number of hydrogen-bond donors (Lipinski definition) is 2. The number of nitrogens with one attached hydrogen (secondary N) is 2. The van der Waals surface area contributed by atoms with Gasteiger partial charge in [-0.1, -0.05) is 12.1 Å². The molecule has 26 heavy (non-hydrogen) atoms. The minimum atomic E-state index is 0. The fraction of sp³-hybridized carbons (Fsp3) is 0.263. The largest absolute Gasteiger partial charge is 0.497 e. The molecule has 7 heteroatoms. The van der Waals surface area contributed by atoms with Gasteiger partial charge in [-0.3, -0.25) is 0 Å². The number of benzene rings is 1. The van der Waals surface area contributed by atoms with Crippen molar-refractivity contribution < 1.29 is 9.47 Å². The van der Waals surface area contributed by atoms with E-state index in [-0.39, 0.29) is 24.0 Å². The summed E-state index contributed by atoms with van der Waals surface area (Å²) in [7, 11) is 1.63. The molecule has 1 aromatic heterocycles. The van der Waals surface area contributed by atoms with E-state index < -0.39 is 0 Å². The van der Waals surface area contributed by atoms with Gasteiger partial charge in [0.2, 0.25) is 5.88 Å². The molecule has 0 aliphatic carbocycles. The SMILES string of the molecule is C=CCNC(=NCc1ccc(Oc2ccc(OC)cc2)nc1)NCC.I. The van der Waals surface area contributed by atoms with Gasteiger partial charge in [0.25, 0.3) is 0 Å². The Labute approximate surface area is 171 Å². The lowest BCUT2D eigenvalue weighted by Gasteiger charge is -2.09. The van der Waals surface area contributed by atoms with Gasteiger partial charge in [0.05, 0.1) is 13.7 Å². The zero-order valence-corrected chi connectivity index (χ0v) is 17.4. The first-order valence-corrected chi connectivity index (χ1v) is 8.15.